The third-order valence-electron chi connectivity index (χ3n) is 5.39. The van der Waals surface area contributed by atoms with Crippen LogP contribution in [0.1, 0.15) is 31.9 Å². The molecule has 27 heavy (non-hydrogen) atoms. The van der Waals surface area contributed by atoms with Gasteiger partial charge in [-0.25, -0.2) is 0 Å². The largest absolute Gasteiger partial charge is 0.373 e. The number of rotatable bonds is 6. The number of carbonyl (C=O) groups is 1. The minimum Gasteiger partial charge on any atom is -0.373 e. The van der Waals surface area contributed by atoms with Crippen molar-refractivity contribution in [2.45, 2.75) is 46.1 Å². The molecule has 0 bridgehead atoms. The number of amides is 1. The van der Waals surface area contributed by atoms with E-state index < -0.39 is 0 Å². The summed E-state index contributed by atoms with van der Waals surface area (Å²) in [4.78, 5) is 14.8. The molecule has 2 N–H and O–H groups in total. The van der Waals surface area contributed by atoms with Gasteiger partial charge in [0.2, 0.25) is 5.91 Å². The Kier molecular flexibility index (Phi) is 10.1. The van der Waals surface area contributed by atoms with Crippen LogP contribution in [0.4, 0.5) is 0 Å². The van der Waals surface area contributed by atoms with Crippen molar-refractivity contribution in [1.82, 2.24) is 15.5 Å². The maximum absolute atomic E-state index is 12.4. The molecule has 1 amide bonds. The van der Waals surface area contributed by atoms with Crippen molar-refractivity contribution >= 4 is 30.7 Å². The average Bonchev–Trinajstić information content (AvgIpc) is 2.51. The zero-order valence-corrected chi connectivity index (χ0v) is 18.1. The van der Waals surface area contributed by atoms with E-state index >= 15 is 0 Å². The van der Waals surface area contributed by atoms with Crippen molar-refractivity contribution in [3.05, 3.63) is 35.4 Å². The molecule has 7 heteroatoms. The molecule has 2 fully saturated rings. The summed E-state index contributed by atoms with van der Waals surface area (Å²) in [6.45, 7) is 11.6. The molecule has 154 valence electrons. The van der Waals surface area contributed by atoms with Gasteiger partial charge in [0.25, 0.3) is 0 Å². The van der Waals surface area contributed by atoms with E-state index in [1.165, 1.54) is 11.1 Å². The van der Waals surface area contributed by atoms with Crippen molar-refractivity contribution in [2.75, 3.05) is 26.2 Å². The summed E-state index contributed by atoms with van der Waals surface area (Å²) in [5.41, 5.74) is 2.50. The summed E-state index contributed by atoms with van der Waals surface area (Å²) in [5.74, 6) is 0.718. The molecular weight excluding hydrogens is 385 g/mol. The summed E-state index contributed by atoms with van der Waals surface area (Å²) >= 11 is 0. The summed E-state index contributed by atoms with van der Waals surface area (Å²) in [7, 11) is 0. The van der Waals surface area contributed by atoms with Gasteiger partial charge in [-0.05, 0) is 44.0 Å². The molecular formula is C20H33Cl2N3O2. The lowest BCUT2D eigenvalue weighted by Gasteiger charge is -2.35. The molecule has 3 rings (SSSR count). The zero-order chi connectivity index (χ0) is 17.8. The van der Waals surface area contributed by atoms with Gasteiger partial charge in [0.15, 0.2) is 0 Å². The van der Waals surface area contributed by atoms with E-state index in [0.29, 0.717) is 12.5 Å². The smallest absolute Gasteiger partial charge is 0.223 e. The van der Waals surface area contributed by atoms with E-state index in [9.17, 15) is 4.79 Å². The van der Waals surface area contributed by atoms with Crippen molar-refractivity contribution in [3.63, 3.8) is 0 Å². The first-order valence-corrected chi connectivity index (χ1v) is 9.46. The topological polar surface area (TPSA) is 53.6 Å². The lowest BCUT2D eigenvalue weighted by atomic mass is 9.88. The zero-order valence-electron chi connectivity index (χ0n) is 16.4. The van der Waals surface area contributed by atoms with Crippen LogP contribution < -0.4 is 10.6 Å². The summed E-state index contributed by atoms with van der Waals surface area (Å²) < 4.78 is 5.82. The Bertz CT molecular complexity index is 588. The molecule has 2 saturated heterocycles. The predicted octanol–water partition coefficient (Wildman–Crippen LogP) is 2.61. The van der Waals surface area contributed by atoms with Crippen LogP contribution in [-0.2, 0) is 22.6 Å². The van der Waals surface area contributed by atoms with Gasteiger partial charge in [-0.1, -0.05) is 31.2 Å². The number of halogens is 2. The highest BCUT2D eigenvalue weighted by Gasteiger charge is 2.28. The van der Waals surface area contributed by atoms with Gasteiger partial charge < -0.3 is 15.4 Å². The molecule has 1 aromatic carbocycles. The Hall–Kier alpha value is -0.850. The molecule has 0 aromatic heterocycles. The van der Waals surface area contributed by atoms with Gasteiger partial charge in [0.1, 0.15) is 0 Å². The Balaban J connectivity index is 0.00000182. The second-order valence-corrected chi connectivity index (χ2v) is 7.64. The number of benzene rings is 1. The predicted molar refractivity (Wildman–Crippen MR) is 114 cm³/mol. The highest BCUT2D eigenvalue weighted by Crippen LogP contribution is 2.18. The van der Waals surface area contributed by atoms with Gasteiger partial charge in [0.05, 0.1) is 12.2 Å². The fraction of sp³-hybridized carbons (Fsp3) is 0.650. The maximum Gasteiger partial charge on any atom is 0.223 e. The first-order chi connectivity index (χ1) is 12.0. The number of hydrogen-bond donors (Lipinski definition) is 2. The highest BCUT2D eigenvalue weighted by atomic mass is 35.5. The minimum atomic E-state index is 0. The second kappa shape index (κ2) is 11.2. The van der Waals surface area contributed by atoms with Crippen LogP contribution in [-0.4, -0.2) is 49.2 Å². The molecule has 2 heterocycles. The maximum atomic E-state index is 12.4. The first-order valence-electron chi connectivity index (χ1n) is 9.46. The van der Waals surface area contributed by atoms with Crippen molar-refractivity contribution in [3.8, 4) is 0 Å². The average molecular weight is 418 g/mol. The summed E-state index contributed by atoms with van der Waals surface area (Å²) in [5, 5.41) is 6.37. The molecule has 2 aliphatic rings. The SMILES string of the molecule is CC1CN(Cc2ccccc2CNC(=O)C(C)C2CNC2)CC(C)O1.Cl.Cl. The van der Waals surface area contributed by atoms with E-state index in [1.54, 1.807) is 0 Å². The van der Waals surface area contributed by atoms with Crippen LogP contribution in [0.25, 0.3) is 0 Å². The fourth-order valence-electron chi connectivity index (χ4n) is 3.76. The third kappa shape index (κ3) is 6.61. The molecule has 0 radical (unpaired) electrons. The van der Waals surface area contributed by atoms with Gasteiger partial charge in [0, 0.05) is 32.1 Å². The van der Waals surface area contributed by atoms with E-state index in [1.807, 2.05) is 6.92 Å². The Morgan fingerprint density at radius 2 is 1.78 bits per heavy atom. The molecule has 3 unspecified atom stereocenters. The van der Waals surface area contributed by atoms with Gasteiger partial charge in [-0.3, -0.25) is 9.69 Å². The summed E-state index contributed by atoms with van der Waals surface area (Å²) in [6, 6.07) is 8.43. The normalized spacial score (nSPS) is 24.1. The number of hydrogen-bond acceptors (Lipinski definition) is 4. The molecule has 5 nitrogen and oxygen atoms in total. The van der Waals surface area contributed by atoms with Crippen LogP contribution in [0.5, 0.6) is 0 Å². The number of morpholine rings is 1. The Labute approximate surface area is 175 Å². The Morgan fingerprint density at radius 3 is 2.33 bits per heavy atom. The van der Waals surface area contributed by atoms with E-state index in [4.69, 9.17) is 4.74 Å². The Morgan fingerprint density at radius 1 is 1.19 bits per heavy atom. The van der Waals surface area contributed by atoms with Crippen LogP contribution in [0.15, 0.2) is 24.3 Å². The van der Waals surface area contributed by atoms with Crippen molar-refractivity contribution in [2.24, 2.45) is 11.8 Å². The van der Waals surface area contributed by atoms with Gasteiger partial charge in [-0.2, -0.15) is 0 Å². The van der Waals surface area contributed by atoms with Crippen molar-refractivity contribution < 1.29 is 9.53 Å². The number of ether oxygens (including phenoxy) is 1. The van der Waals surface area contributed by atoms with Crippen LogP contribution in [0, 0.1) is 11.8 Å². The molecule has 0 spiro atoms. The molecule has 1 aromatic rings. The van der Waals surface area contributed by atoms with E-state index in [2.05, 4.69) is 53.6 Å². The highest BCUT2D eigenvalue weighted by molar-refractivity contribution is 5.85. The molecule has 0 aliphatic carbocycles. The third-order valence-corrected chi connectivity index (χ3v) is 5.39. The van der Waals surface area contributed by atoms with Crippen LogP contribution in [0.3, 0.4) is 0 Å². The van der Waals surface area contributed by atoms with Crippen LogP contribution >= 0.6 is 24.8 Å². The molecule has 2 aliphatic heterocycles. The van der Waals surface area contributed by atoms with E-state index in [-0.39, 0.29) is 48.8 Å². The van der Waals surface area contributed by atoms with Gasteiger partial charge in [-0.15, -0.1) is 24.8 Å². The van der Waals surface area contributed by atoms with E-state index in [0.717, 1.165) is 32.7 Å². The summed E-state index contributed by atoms with van der Waals surface area (Å²) in [6.07, 6.45) is 0.542. The first kappa shape index (κ1) is 24.2. The van der Waals surface area contributed by atoms with Crippen molar-refractivity contribution in [1.29, 1.82) is 0 Å². The quantitative estimate of drug-likeness (QED) is 0.746. The number of nitrogens with one attached hydrogen (secondary N) is 2. The van der Waals surface area contributed by atoms with Crippen LogP contribution in [0.2, 0.25) is 0 Å². The monoisotopic (exact) mass is 417 g/mol. The fourth-order valence-corrected chi connectivity index (χ4v) is 3.76. The molecule has 0 saturated carbocycles. The van der Waals surface area contributed by atoms with Gasteiger partial charge >= 0.3 is 0 Å². The standard InChI is InChI=1S/C20H31N3O2.2ClH/c1-14-11-23(12-15(2)25-14)13-18-7-5-4-6-17(18)10-22-20(24)16(3)19-8-21-9-19;;/h4-7,14-16,19,21H,8-13H2,1-3H3,(H,22,24);2*1H. The lowest BCUT2D eigenvalue weighted by Crippen LogP contribution is -2.49. The molecule has 3 atom stereocenters. The second-order valence-electron chi connectivity index (χ2n) is 7.64. The number of carbonyl (C=O) groups excluding carboxylic acids is 1. The number of nitrogens with zero attached hydrogens (tertiary/aromatic N) is 1. The minimum absolute atomic E-state index is 0. The lowest BCUT2D eigenvalue weighted by molar-refractivity contribution is -0.126.